The smallest absolute Gasteiger partial charge is 0.258 e. The van der Waals surface area contributed by atoms with Gasteiger partial charge in [0.1, 0.15) is 11.5 Å². The van der Waals surface area contributed by atoms with Gasteiger partial charge < -0.3 is 5.21 Å². The van der Waals surface area contributed by atoms with Crippen molar-refractivity contribution >= 4 is 40.5 Å². The Kier molecular flexibility index (Phi) is 5.56. The number of aromatic nitrogens is 1. The minimum Gasteiger partial charge on any atom is -0.410 e. The van der Waals surface area contributed by atoms with Crippen LogP contribution in [0.3, 0.4) is 0 Å². The summed E-state index contributed by atoms with van der Waals surface area (Å²) in [4.78, 5) is 12.7. The lowest BCUT2D eigenvalue weighted by atomic mass is 10.0. The van der Waals surface area contributed by atoms with Crippen LogP contribution in [0.2, 0.25) is 15.1 Å². The standard InChI is InChI=1S/C19H12Cl3FN2O2/c1-10-7-11(17(24-27)13-6-5-12(23)8-16(13)22)9-25(19(10)26)18-14(20)3-2-4-15(18)21/h2-9,27H,1H3. The van der Waals surface area contributed by atoms with E-state index in [9.17, 15) is 14.4 Å². The molecular formula is C19H12Cl3FN2O2. The molecule has 138 valence electrons. The Hall–Kier alpha value is -2.34. The number of halogens is 4. The maximum atomic E-state index is 13.3. The van der Waals surface area contributed by atoms with E-state index >= 15 is 0 Å². The minimum atomic E-state index is -0.523. The number of hydrogen-bond donors (Lipinski definition) is 1. The molecule has 0 fully saturated rings. The molecule has 4 nitrogen and oxygen atoms in total. The highest BCUT2D eigenvalue weighted by atomic mass is 35.5. The highest BCUT2D eigenvalue weighted by Crippen LogP contribution is 2.28. The molecule has 0 amide bonds. The summed E-state index contributed by atoms with van der Waals surface area (Å²) in [5, 5.41) is 13.5. The summed E-state index contributed by atoms with van der Waals surface area (Å²) in [6.45, 7) is 1.61. The second-order valence-electron chi connectivity index (χ2n) is 5.73. The van der Waals surface area contributed by atoms with Gasteiger partial charge in [0.25, 0.3) is 5.56 Å². The van der Waals surface area contributed by atoms with Crippen molar-refractivity contribution in [3.63, 3.8) is 0 Å². The van der Waals surface area contributed by atoms with E-state index in [0.29, 0.717) is 22.4 Å². The van der Waals surface area contributed by atoms with Crippen molar-refractivity contribution in [1.82, 2.24) is 4.57 Å². The van der Waals surface area contributed by atoms with Gasteiger partial charge in [0.05, 0.1) is 20.8 Å². The van der Waals surface area contributed by atoms with Gasteiger partial charge in [-0.2, -0.15) is 0 Å². The van der Waals surface area contributed by atoms with E-state index in [1.807, 2.05) is 0 Å². The highest BCUT2D eigenvalue weighted by molar-refractivity contribution is 6.38. The van der Waals surface area contributed by atoms with E-state index in [-0.39, 0.29) is 26.3 Å². The monoisotopic (exact) mass is 424 g/mol. The molecule has 0 bridgehead atoms. The van der Waals surface area contributed by atoms with E-state index in [4.69, 9.17) is 34.8 Å². The van der Waals surface area contributed by atoms with Crippen LogP contribution in [-0.4, -0.2) is 15.5 Å². The number of oxime groups is 1. The topological polar surface area (TPSA) is 54.6 Å². The first kappa shape index (κ1) is 19.4. The summed E-state index contributed by atoms with van der Waals surface area (Å²) in [5.41, 5.74) is 1.08. The fourth-order valence-corrected chi connectivity index (χ4v) is 3.52. The van der Waals surface area contributed by atoms with E-state index in [1.165, 1.54) is 22.9 Å². The van der Waals surface area contributed by atoms with Gasteiger partial charge in [0.15, 0.2) is 0 Å². The maximum Gasteiger partial charge on any atom is 0.258 e. The van der Waals surface area contributed by atoms with Gasteiger partial charge in [-0.25, -0.2) is 4.39 Å². The maximum absolute atomic E-state index is 13.3. The van der Waals surface area contributed by atoms with Crippen LogP contribution >= 0.6 is 34.8 Å². The number of hydrogen-bond acceptors (Lipinski definition) is 3. The van der Waals surface area contributed by atoms with Crippen molar-refractivity contribution in [2.45, 2.75) is 6.92 Å². The molecule has 0 saturated heterocycles. The molecule has 0 atom stereocenters. The second kappa shape index (κ2) is 7.72. The zero-order valence-electron chi connectivity index (χ0n) is 13.9. The van der Waals surface area contributed by atoms with Crippen LogP contribution in [0.5, 0.6) is 0 Å². The van der Waals surface area contributed by atoms with Gasteiger partial charge in [-0.3, -0.25) is 9.36 Å². The predicted molar refractivity (Wildman–Crippen MR) is 106 cm³/mol. The molecule has 0 spiro atoms. The first-order chi connectivity index (χ1) is 12.8. The third-order valence-electron chi connectivity index (χ3n) is 3.93. The summed E-state index contributed by atoms with van der Waals surface area (Å²) in [6, 6.07) is 10.1. The van der Waals surface area contributed by atoms with Crippen LogP contribution in [0.25, 0.3) is 5.69 Å². The molecule has 1 heterocycles. The molecule has 8 heteroatoms. The van der Waals surface area contributed by atoms with E-state index < -0.39 is 5.82 Å². The number of benzene rings is 2. The molecule has 1 aromatic heterocycles. The van der Waals surface area contributed by atoms with Crippen LogP contribution in [0, 0.1) is 12.7 Å². The van der Waals surface area contributed by atoms with Crippen LogP contribution < -0.4 is 5.56 Å². The predicted octanol–water partition coefficient (Wildman–Crippen LogP) is 5.47. The van der Waals surface area contributed by atoms with Crippen molar-refractivity contribution in [2.24, 2.45) is 5.16 Å². The Morgan fingerprint density at radius 2 is 1.74 bits per heavy atom. The summed E-state index contributed by atoms with van der Waals surface area (Å²) in [5.74, 6) is -0.523. The molecule has 3 rings (SSSR count). The molecular weight excluding hydrogens is 414 g/mol. The van der Waals surface area contributed by atoms with Gasteiger partial charge in [-0.05, 0) is 43.3 Å². The zero-order chi connectivity index (χ0) is 19.7. The minimum absolute atomic E-state index is 0.0639. The van der Waals surface area contributed by atoms with Crippen molar-refractivity contribution in [3.05, 3.63) is 96.6 Å². The molecule has 2 aromatic carbocycles. The molecule has 0 saturated carbocycles. The third kappa shape index (κ3) is 3.72. The molecule has 0 unspecified atom stereocenters. The lowest BCUT2D eigenvalue weighted by molar-refractivity contribution is 0.319. The number of para-hydroxylation sites is 1. The summed E-state index contributed by atoms with van der Waals surface area (Å²) in [6.07, 6.45) is 1.44. The zero-order valence-corrected chi connectivity index (χ0v) is 16.1. The van der Waals surface area contributed by atoms with E-state index in [1.54, 1.807) is 31.2 Å². The lowest BCUT2D eigenvalue weighted by Crippen LogP contribution is -2.23. The number of nitrogens with zero attached hydrogens (tertiary/aromatic N) is 2. The molecule has 0 aliphatic carbocycles. The van der Waals surface area contributed by atoms with Gasteiger partial charge in [0, 0.05) is 22.9 Å². The number of rotatable bonds is 3. The Morgan fingerprint density at radius 3 is 2.33 bits per heavy atom. The van der Waals surface area contributed by atoms with Gasteiger partial charge in [0.2, 0.25) is 0 Å². The highest BCUT2D eigenvalue weighted by Gasteiger charge is 2.17. The largest absolute Gasteiger partial charge is 0.410 e. The van der Waals surface area contributed by atoms with Crippen LogP contribution in [-0.2, 0) is 0 Å². The van der Waals surface area contributed by atoms with Crippen molar-refractivity contribution in [3.8, 4) is 5.69 Å². The SMILES string of the molecule is Cc1cc(C(=NO)c2ccc(F)cc2Cl)cn(-c2c(Cl)cccc2Cl)c1=O. The second-order valence-corrected chi connectivity index (χ2v) is 6.95. The van der Waals surface area contributed by atoms with Gasteiger partial charge in [-0.1, -0.05) is 46.0 Å². The van der Waals surface area contributed by atoms with Crippen molar-refractivity contribution in [1.29, 1.82) is 0 Å². The average molecular weight is 426 g/mol. The normalized spacial score (nSPS) is 11.7. The molecule has 0 radical (unpaired) electrons. The van der Waals surface area contributed by atoms with E-state index in [2.05, 4.69) is 5.16 Å². The summed E-state index contributed by atoms with van der Waals surface area (Å²) < 4.78 is 14.6. The molecule has 0 aliphatic rings. The first-order valence-electron chi connectivity index (χ1n) is 7.69. The molecule has 27 heavy (non-hydrogen) atoms. The molecule has 0 aliphatic heterocycles. The number of aryl methyl sites for hydroxylation is 1. The first-order valence-corrected chi connectivity index (χ1v) is 8.82. The Balaban J connectivity index is 2.26. The third-order valence-corrected chi connectivity index (χ3v) is 4.86. The van der Waals surface area contributed by atoms with Gasteiger partial charge in [-0.15, -0.1) is 0 Å². The van der Waals surface area contributed by atoms with Crippen molar-refractivity contribution in [2.75, 3.05) is 0 Å². The molecule has 1 N–H and O–H groups in total. The number of pyridine rings is 1. The lowest BCUT2D eigenvalue weighted by Gasteiger charge is -2.14. The Morgan fingerprint density at radius 1 is 1.07 bits per heavy atom. The van der Waals surface area contributed by atoms with Gasteiger partial charge >= 0.3 is 0 Å². The van der Waals surface area contributed by atoms with Crippen molar-refractivity contribution < 1.29 is 9.60 Å². The fourth-order valence-electron chi connectivity index (χ4n) is 2.68. The Bertz CT molecular complexity index is 1110. The fraction of sp³-hybridized carbons (Fsp3) is 0.0526. The van der Waals surface area contributed by atoms with Crippen LogP contribution in [0.1, 0.15) is 16.7 Å². The van der Waals surface area contributed by atoms with E-state index in [0.717, 1.165) is 6.07 Å². The summed E-state index contributed by atoms with van der Waals surface area (Å²) >= 11 is 18.5. The van der Waals surface area contributed by atoms with Crippen LogP contribution in [0.4, 0.5) is 4.39 Å². The quantitative estimate of drug-likeness (QED) is 0.343. The Labute approximate surface area is 169 Å². The molecule has 3 aromatic rings. The van der Waals surface area contributed by atoms with Crippen LogP contribution in [0.15, 0.2) is 58.6 Å². The average Bonchev–Trinajstić information content (AvgIpc) is 2.61. The summed E-state index contributed by atoms with van der Waals surface area (Å²) in [7, 11) is 0.